The standard InChI is InChI=1S/C31H28FN3O2S2/c1-2-3-9-18-34-30(36)28(39-31(34)38)19-24-20-35(25-11-5-4-6-12-25)33-29(24)22-14-16-26(17-15-22)37-21-23-10-7-8-13-27(23)32/h4-8,10-17,19-20H,2-3,9,18,21H2,1H3/b28-19-. The number of carbonyl (C=O) groups excluding carboxylic acids is 1. The molecule has 0 bridgehead atoms. The van der Waals surface area contributed by atoms with Gasteiger partial charge < -0.3 is 4.74 Å². The van der Waals surface area contributed by atoms with Crippen LogP contribution in [0.2, 0.25) is 0 Å². The summed E-state index contributed by atoms with van der Waals surface area (Å²) < 4.78 is 22.2. The lowest BCUT2D eigenvalue weighted by atomic mass is 10.1. The Labute approximate surface area is 237 Å². The van der Waals surface area contributed by atoms with Crippen molar-refractivity contribution in [3.05, 3.63) is 107 Å². The highest BCUT2D eigenvalue weighted by molar-refractivity contribution is 8.26. The number of aromatic nitrogens is 2. The number of ether oxygens (including phenoxy) is 1. The summed E-state index contributed by atoms with van der Waals surface area (Å²) in [5.74, 6) is 0.274. The van der Waals surface area contributed by atoms with E-state index in [1.807, 2.05) is 71.6 Å². The lowest BCUT2D eigenvalue weighted by Gasteiger charge is -2.13. The van der Waals surface area contributed by atoms with Crippen LogP contribution >= 0.6 is 24.0 Å². The first-order chi connectivity index (χ1) is 19.0. The summed E-state index contributed by atoms with van der Waals surface area (Å²) >= 11 is 6.85. The SMILES string of the molecule is CCCCCN1C(=O)/C(=C/c2cn(-c3ccccc3)nc2-c2ccc(OCc3ccccc3F)cc2)SC1=S. The van der Waals surface area contributed by atoms with Crippen molar-refractivity contribution < 1.29 is 13.9 Å². The molecule has 1 amide bonds. The van der Waals surface area contributed by atoms with Crippen LogP contribution in [0.25, 0.3) is 23.0 Å². The second kappa shape index (κ2) is 12.4. The fraction of sp³-hybridized carbons (Fsp3) is 0.194. The number of para-hydroxylation sites is 1. The van der Waals surface area contributed by atoms with Crippen LogP contribution in [0, 0.1) is 5.82 Å². The average molecular weight is 558 g/mol. The highest BCUT2D eigenvalue weighted by Gasteiger charge is 2.32. The Morgan fingerprint density at radius 1 is 1.00 bits per heavy atom. The number of benzene rings is 3. The maximum absolute atomic E-state index is 14.0. The molecule has 1 saturated heterocycles. The van der Waals surface area contributed by atoms with Crippen LogP contribution in [0.4, 0.5) is 4.39 Å². The van der Waals surface area contributed by atoms with Gasteiger partial charge in [0.05, 0.1) is 16.3 Å². The number of amides is 1. The van der Waals surface area contributed by atoms with E-state index in [9.17, 15) is 9.18 Å². The van der Waals surface area contributed by atoms with Gasteiger partial charge in [-0.25, -0.2) is 9.07 Å². The van der Waals surface area contributed by atoms with Crippen molar-refractivity contribution in [3.63, 3.8) is 0 Å². The molecule has 8 heteroatoms. The van der Waals surface area contributed by atoms with Crippen LogP contribution < -0.4 is 4.74 Å². The molecule has 1 aromatic heterocycles. The quantitative estimate of drug-likeness (QED) is 0.114. The second-order valence-corrected chi connectivity index (χ2v) is 10.8. The van der Waals surface area contributed by atoms with Crippen LogP contribution in [0.3, 0.4) is 0 Å². The molecule has 1 aliphatic rings. The Morgan fingerprint density at radius 3 is 2.49 bits per heavy atom. The fourth-order valence-corrected chi connectivity index (χ4v) is 5.57. The van der Waals surface area contributed by atoms with Gasteiger partial charge in [-0.3, -0.25) is 9.69 Å². The van der Waals surface area contributed by atoms with Gasteiger partial charge in [0.15, 0.2) is 0 Å². The highest BCUT2D eigenvalue weighted by atomic mass is 32.2. The molecule has 4 aromatic rings. The largest absolute Gasteiger partial charge is 0.489 e. The van der Waals surface area contributed by atoms with Crippen LogP contribution in [0.15, 0.2) is 90.0 Å². The summed E-state index contributed by atoms with van der Waals surface area (Å²) in [6.45, 7) is 2.91. The average Bonchev–Trinajstić information content (AvgIpc) is 3.50. The molecule has 0 saturated carbocycles. The van der Waals surface area contributed by atoms with E-state index in [1.54, 1.807) is 23.1 Å². The Balaban J connectivity index is 1.42. The molecule has 0 unspecified atom stereocenters. The predicted molar refractivity (Wildman–Crippen MR) is 159 cm³/mol. The zero-order valence-electron chi connectivity index (χ0n) is 21.5. The predicted octanol–water partition coefficient (Wildman–Crippen LogP) is 7.65. The van der Waals surface area contributed by atoms with E-state index >= 15 is 0 Å². The minimum atomic E-state index is -0.291. The molecule has 5 rings (SSSR count). The third-order valence-corrected chi connectivity index (χ3v) is 7.77. The van der Waals surface area contributed by atoms with E-state index in [4.69, 9.17) is 22.1 Å². The van der Waals surface area contributed by atoms with Crippen molar-refractivity contribution in [2.24, 2.45) is 0 Å². The smallest absolute Gasteiger partial charge is 0.266 e. The molecule has 1 aliphatic heterocycles. The van der Waals surface area contributed by atoms with Gasteiger partial charge in [-0.2, -0.15) is 5.10 Å². The summed E-state index contributed by atoms with van der Waals surface area (Å²) in [6.07, 6.45) is 6.88. The summed E-state index contributed by atoms with van der Waals surface area (Å²) in [6, 6.07) is 23.9. The third-order valence-electron chi connectivity index (χ3n) is 6.39. The molecule has 198 valence electrons. The topological polar surface area (TPSA) is 47.4 Å². The molecule has 0 radical (unpaired) electrons. The Kier molecular flexibility index (Phi) is 8.54. The summed E-state index contributed by atoms with van der Waals surface area (Å²) in [4.78, 5) is 15.5. The van der Waals surface area contributed by atoms with Crippen molar-refractivity contribution in [3.8, 4) is 22.7 Å². The Bertz CT molecular complexity index is 1500. The molecule has 0 aliphatic carbocycles. The van der Waals surface area contributed by atoms with Crippen molar-refractivity contribution in [1.82, 2.24) is 14.7 Å². The highest BCUT2D eigenvalue weighted by Crippen LogP contribution is 2.35. The van der Waals surface area contributed by atoms with Gasteiger partial charge in [0.2, 0.25) is 0 Å². The van der Waals surface area contributed by atoms with Gasteiger partial charge in [-0.15, -0.1) is 0 Å². The van der Waals surface area contributed by atoms with Gasteiger partial charge in [0, 0.05) is 29.4 Å². The van der Waals surface area contributed by atoms with Crippen LogP contribution in [0.1, 0.15) is 37.3 Å². The van der Waals surface area contributed by atoms with Gasteiger partial charge in [0.25, 0.3) is 5.91 Å². The first-order valence-corrected chi connectivity index (χ1v) is 14.1. The zero-order valence-corrected chi connectivity index (χ0v) is 23.2. The van der Waals surface area contributed by atoms with E-state index in [0.29, 0.717) is 27.1 Å². The summed E-state index contributed by atoms with van der Waals surface area (Å²) in [7, 11) is 0. The number of thiocarbonyl (C=S) groups is 1. The minimum Gasteiger partial charge on any atom is -0.489 e. The Hall–Kier alpha value is -3.75. The van der Waals surface area contributed by atoms with Crippen molar-refractivity contribution in [2.45, 2.75) is 32.8 Å². The van der Waals surface area contributed by atoms with E-state index in [-0.39, 0.29) is 18.3 Å². The molecule has 0 N–H and O–H groups in total. The first-order valence-electron chi connectivity index (χ1n) is 12.9. The van der Waals surface area contributed by atoms with Crippen molar-refractivity contribution in [2.75, 3.05) is 6.54 Å². The van der Waals surface area contributed by atoms with E-state index in [0.717, 1.165) is 41.8 Å². The lowest BCUT2D eigenvalue weighted by Crippen LogP contribution is -2.28. The van der Waals surface area contributed by atoms with Gasteiger partial charge >= 0.3 is 0 Å². The summed E-state index contributed by atoms with van der Waals surface area (Å²) in [5.41, 5.74) is 3.82. The van der Waals surface area contributed by atoms with E-state index < -0.39 is 0 Å². The number of carbonyl (C=O) groups is 1. The molecule has 0 atom stereocenters. The monoisotopic (exact) mass is 557 g/mol. The van der Waals surface area contributed by atoms with Crippen LogP contribution in [-0.4, -0.2) is 31.5 Å². The number of unbranched alkanes of at least 4 members (excludes halogenated alkanes) is 2. The number of rotatable bonds is 10. The molecular weight excluding hydrogens is 529 g/mol. The zero-order chi connectivity index (χ0) is 27.2. The van der Waals surface area contributed by atoms with Crippen molar-refractivity contribution in [1.29, 1.82) is 0 Å². The molecule has 5 nitrogen and oxygen atoms in total. The van der Waals surface area contributed by atoms with Crippen molar-refractivity contribution >= 4 is 40.3 Å². The van der Waals surface area contributed by atoms with Crippen LogP contribution in [0.5, 0.6) is 5.75 Å². The van der Waals surface area contributed by atoms with Gasteiger partial charge in [0.1, 0.15) is 22.5 Å². The van der Waals surface area contributed by atoms with E-state index in [2.05, 4.69) is 6.92 Å². The maximum atomic E-state index is 14.0. The Morgan fingerprint density at radius 2 is 1.74 bits per heavy atom. The second-order valence-electron chi connectivity index (χ2n) is 9.16. The fourth-order valence-electron chi connectivity index (χ4n) is 4.27. The van der Waals surface area contributed by atoms with E-state index in [1.165, 1.54) is 17.8 Å². The lowest BCUT2D eigenvalue weighted by molar-refractivity contribution is -0.122. The first kappa shape index (κ1) is 26.8. The van der Waals surface area contributed by atoms with Crippen LogP contribution in [-0.2, 0) is 11.4 Å². The summed E-state index contributed by atoms with van der Waals surface area (Å²) in [5, 5.41) is 4.87. The van der Waals surface area contributed by atoms with Gasteiger partial charge in [-0.05, 0) is 55.0 Å². The third kappa shape index (κ3) is 6.29. The number of thioether (sulfide) groups is 1. The number of halogens is 1. The minimum absolute atomic E-state index is 0.0589. The number of hydrogen-bond acceptors (Lipinski definition) is 5. The molecule has 39 heavy (non-hydrogen) atoms. The maximum Gasteiger partial charge on any atom is 0.266 e. The molecule has 3 aromatic carbocycles. The van der Waals surface area contributed by atoms with Gasteiger partial charge in [-0.1, -0.05) is 80.1 Å². The molecule has 2 heterocycles. The number of hydrogen-bond donors (Lipinski definition) is 0. The normalized spacial score (nSPS) is 14.4. The molecule has 0 spiro atoms. The molecule has 1 fully saturated rings. The number of nitrogens with zero attached hydrogens (tertiary/aromatic N) is 3. The molecular formula is C31H28FN3O2S2.